The van der Waals surface area contributed by atoms with Crippen molar-refractivity contribution in [2.45, 2.75) is 88.6 Å². The molecule has 0 unspecified atom stereocenters. The quantitative estimate of drug-likeness (QED) is 0.297. The summed E-state index contributed by atoms with van der Waals surface area (Å²) >= 11 is 0. The molecule has 3 heterocycles. The molecule has 232 valence electrons. The minimum Gasteiger partial charge on any atom is -0.474 e. The van der Waals surface area contributed by atoms with Crippen LogP contribution >= 0.6 is 0 Å². The highest BCUT2D eigenvalue weighted by atomic mass is 19.3. The van der Waals surface area contributed by atoms with Crippen LogP contribution in [0.3, 0.4) is 0 Å². The molecular formula is C28H33F4N7O4. The molecule has 0 aromatic carbocycles. The molecule has 0 spiro atoms. The van der Waals surface area contributed by atoms with E-state index in [2.05, 4.69) is 30.7 Å². The largest absolute Gasteiger partial charge is 0.474 e. The number of rotatable bonds is 11. The van der Waals surface area contributed by atoms with Crippen molar-refractivity contribution in [1.29, 1.82) is 0 Å². The molecule has 0 bridgehead atoms. The number of carbonyl (C=O) groups excluding carboxylic acids is 2. The number of amides is 2. The van der Waals surface area contributed by atoms with Gasteiger partial charge in [0.2, 0.25) is 23.4 Å². The maximum Gasteiger partial charge on any atom is 0.289 e. The lowest BCUT2D eigenvalue weighted by Gasteiger charge is -2.34. The third-order valence-electron chi connectivity index (χ3n) is 8.57. The predicted molar refractivity (Wildman–Crippen MR) is 141 cm³/mol. The predicted octanol–water partition coefficient (Wildman–Crippen LogP) is 4.81. The van der Waals surface area contributed by atoms with E-state index in [1.807, 2.05) is 0 Å². The Hall–Kier alpha value is -3.78. The average molecular weight is 608 g/mol. The van der Waals surface area contributed by atoms with Crippen LogP contribution in [0.1, 0.15) is 98.5 Å². The number of carbonyl (C=O) groups is 2. The SMILES string of the molecule is CCOc1nonc1C(=O)N[C@H](c1cn2ncc([C@H](NC(=O)CC3CC(F)(F)C3)C3CC3)cc2n1)C1CCC(F)(F)CC1. The molecule has 0 saturated heterocycles. The Bertz CT molecular complexity index is 1470. The summed E-state index contributed by atoms with van der Waals surface area (Å²) in [4.78, 5) is 30.6. The number of hydrogen-bond donors (Lipinski definition) is 2. The van der Waals surface area contributed by atoms with Gasteiger partial charge in [0.15, 0.2) is 5.65 Å². The number of halogens is 4. The minimum absolute atomic E-state index is 0.0515. The van der Waals surface area contributed by atoms with Crippen LogP contribution in [0.15, 0.2) is 23.1 Å². The van der Waals surface area contributed by atoms with Crippen molar-refractivity contribution in [1.82, 2.24) is 35.5 Å². The van der Waals surface area contributed by atoms with Gasteiger partial charge in [0.25, 0.3) is 11.8 Å². The second-order valence-electron chi connectivity index (χ2n) is 12.0. The molecule has 3 fully saturated rings. The van der Waals surface area contributed by atoms with Gasteiger partial charge in [-0.1, -0.05) is 0 Å². The Balaban J connectivity index is 1.23. The fraction of sp³-hybridized carbons (Fsp3) is 0.643. The van der Waals surface area contributed by atoms with E-state index < -0.39 is 23.8 Å². The third kappa shape index (κ3) is 6.59. The molecule has 6 rings (SSSR count). The monoisotopic (exact) mass is 607 g/mol. The zero-order valence-electron chi connectivity index (χ0n) is 23.6. The van der Waals surface area contributed by atoms with Gasteiger partial charge in [-0.15, -0.1) is 0 Å². The molecule has 11 nitrogen and oxygen atoms in total. The second-order valence-corrected chi connectivity index (χ2v) is 12.0. The first kappa shape index (κ1) is 29.3. The second kappa shape index (κ2) is 11.4. The summed E-state index contributed by atoms with van der Waals surface area (Å²) in [6.45, 7) is 1.95. The molecule has 3 aromatic rings. The summed E-state index contributed by atoms with van der Waals surface area (Å²) in [5.74, 6) is -6.88. The van der Waals surface area contributed by atoms with Gasteiger partial charge in [0.1, 0.15) is 0 Å². The van der Waals surface area contributed by atoms with Crippen molar-refractivity contribution in [2.75, 3.05) is 6.61 Å². The van der Waals surface area contributed by atoms with Crippen molar-refractivity contribution in [2.24, 2.45) is 17.8 Å². The van der Waals surface area contributed by atoms with E-state index in [4.69, 9.17) is 9.72 Å². The molecule has 0 radical (unpaired) electrons. The van der Waals surface area contributed by atoms with Crippen LogP contribution in [0.25, 0.3) is 5.65 Å². The van der Waals surface area contributed by atoms with Crippen LogP contribution in [-0.4, -0.2) is 55.2 Å². The summed E-state index contributed by atoms with van der Waals surface area (Å²) in [7, 11) is 0. The molecule has 15 heteroatoms. The highest BCUT2D eigenvalue weighted by Gasteiger charge is 2.46. The fourth-order valence-corrected chi connectivity index (χ4v) is 6.15. The molecule has 2 atom stereocenters. The Morgan fingerprint density at radius 2 is 1.77 bits per heavy atom. The molecule has 0 aliphatic heterocycles. The van der Waals surface area contributed by atoms with E-state index >= 15 is 0 Å². The van der Waals surface area contributed by atoms with Gasteiger partial charge in [-0.25, -0.2) is 31.7 Å². The number of aromatic nitrogens is 5. The van der Waals surface area contributed by atoms with Crippen LogP contribution in [-0.2, 0) is 4.79 Å². The number of imidazole rings is 1. The Kier molecular flexibility index (Phi) is 7.75. The van der Waals surface area contributed by atoms with Crippen LogP contribution in [0.4, 0.5) is 17.6 Å². The number of alkyl halides is 4. The molecular weight excluding hydrogens is 574 g/mol. The number of ether oxygens (including phenoxy) is 1. The summed E-state index contributed by atoms with van der Waals surface area (Å²) < 4.78 is 66.0. The standard InChI is InChI=1S/C28H33F4N7O4/c1-2-42-26-24(37-43-38-26)25(41)36-23(17-5-7-27(29,30)8-6-17)19-14-39-20(34-19)10-18(13-33-39)22(16-3-4-16)35-21(40)9-15-11-28(31,32)12-15/h10,13-17,22-23H,2-9,11-12H2,1H3,(H,35,40)(H,36,41)/t22-,23+/m1/s1. The van der Waals surface area contributed by atoms with Crippen LogP contribution in [0.5, 0.6) is 5.88 Å². The third-order valence-corrected chi connectivity index (χ3v) is 8.57. The van der Waals surface area contributed by atoms with Crippen LogP contribution < -0.4 is 15.4 Å². The Morgan fingerprint density at radius 1 is 1.05 bits per heavy atom. The van der Waals surface area contributed by atoms with E-state index in [1.165, 1.54) is 4.52 Å². The molecule has 2 amide bonds. The van der Waals surface area contributed by atoms with E-state index in [9.17, 15) is 27.2 Å². The molecule has 43 heavy (non-hydrogen) atoms. The first-order valence-electron chi connectivity index (χ1n) is 14.7. The van der Waals surface area contributed by atoms with Gasteiger partial charge in [0, 0.05) is 32.1 Å². The summed E-state index contributed by atoms with van der Waals surface area (Å²) in [6, 6.07) is 0.720. The van der Waals surface area contributed by atoms with Gasteiger partial charge in [0.05, 0.1) is 36.8 Å². The van der Waals surface area contributed by atoms with Crippen molar-refractivity contribution < 1.29 is 36.5 Å². The van der Waals surface area contributed by atoms with Gasteiger partial charge >= 0.3 is 0 Å². The van der Waals surface area contributed by atoms with Crippen LogP contribution in [0.2, 0.25) is 0 Å². The van der Waals surface area contributed by atoms with E-state index in [0.29, 0.717) is 11.3 Å². The number of fused-ring (bicyclic) bond motifs is 1. The number of nitrogens with one attached hydrogen (secondary N) is 2. The Morgan fingerprint density at radius 3 is 2.44 bits per heavy atom. The molecule has 3 saturated carbocycles. The zero-order chi connectivity index (χ0) is 30.4. The molecule has 2 N–H and O–H groups in total. The van der Waals surface area contributed by atoms with Gasteiger partial charge < -0.3 is 15.4 Å². The van der Waals surface area contributed by atoms with E-state index in [-0.39, 0.29) is 92.8 Å². The van der Waals surface area contributed by atoms with Gasteiger partial charge in [-0.3, -0.25) is 9.59 Å². The minimum atomic E-state index is -2.76. The van der Waals surface area contributed by atoms with Gasteiger partial charge in [-0.2, -0.15) is 5.10 Å². The lowest BCUT2D eigenvalue weighted by atomic mass is 9.79. The van der Waals surface area contributed by atoms with E-state index in [0.717, 1.165) is 18.4 Å². The summed E-state index contributed by atoms with van der Waals surface area (Å²) in [6.07, 6.45) is 4.34. The van der Waals surface area contributed by atoms with Crippen molar-refractivity contribution in [3.8, 4) is 5.88 Å². The highest BCUT2D eigenvalue weighted by Crippen LogP contribution is 2.45. The average Bonchev–Trinajstić information content (AvgIpc) is 3.52. The number of hydrogen-bond acceptors (Lipinski definition) is 8. The first-order valence-corrected chi connectivity index (χ1v) is 14.7. The van der Waals surface area contributed by atoms with Crippen molar-refractivity contribution in [3.63, 3.8) is 0 Å². The molecule has 3 aromatic heterocycles. The first-order chi connectivity index (χ1) is 20.5. The lowest BCUT2D eigenvalue weighted by molar-refractivity contribution is -0.134. The van der Waals surface area contributed by atoms with Gasteiger partial charge in [-0.05, 0) is 72.3 Å². The Labute approximate surface area is 244 Å². The highest BCUT2D eigenvalue weighted by molar-refractivity contribution is 5.94. The summed E-state index contributed by atoms with van der Waals surface area (Å²) in [5, 5.41) is 17.6. The zero-order valence-corrected chi connectivity index (χ0v) is 23.6. The normalized spacial score (nSPS) is 21.6. The van der Waals surface area contributed by atoms with E-state index in [1.54, 1.807) is 25.4 Å². The van der Waals surface area contributed by atoms with Crippen LogP contribution in [0, 0.1) is 17.8 Å². The topological polar surface area (TPSA) is 137 Å². The van der Waals surface area contributed by atoms with Crippen molar-refractivity contribution in [3.05, 3.63) is 35.4 Å². The maximum atomic E-state index is 14.0. The lowest BCUT2D eigenvalue weighted by Crippen LogP contribution is -2.39. The molecule has 3 aliphatic rings. The fourth-order valence-electron chi connectivity index (χ4n) is 6.15. The molecule has 3 aliphatic carbocycles. The smallest absolute Gasteiger partial charge is 0.289 e. The number of nitrogens with zero attached hydrogens (tertiary/aromatic N) is 5. The van der Waals surface area contributed by atoms with Crippen molar-refractivity contribution >= 4 is 17.5 Å². The maximum absolute atomic E-state index is 14.0. The summed E-state index contributed by atoms with van der Waals surface area (Å²) in [5.41, 5.74) is 1.45.